The van der Waals surface area contributed by atoms with Gasteiger partial charge in [0.15, 0.2) is 15.4 Å². The molecule has 1 aromatic carbocycles. The second-order valence-corrected chi connectivity index (χ2v) is 8.38. The predicted octanol–water partition coefficient (Wildman–Crippen LogP) is 1.82. The van der Waals surface area contributed by atoms with Crippen LogP contribution in [0.2, 0.25) is 5.02 Å². The summed E-state index contributed by atoms with van der Waals surface area (Å²) in [6.07, 6.45) is 2.66. The van der Waals surface area contributed by atoms with Crippen LogP contribution in [0.25, 0.3) is 0 Å². The average Bonchev–Trinajstić information content (AvgIpc) is 3.03. The first-order valence-electron chi connectivity index (χ1n) is 7.00. The quantitative estimate of drug-likeness (QED) is 0.815. The summed E-state index contributed by atoms with van der Waals surface area (Å²) in [5, 5.41) is 17.5. The Morgan fingerprint density at radius 1 is 1.50 bits per heavy atom. The Morgan fingerprint density at radius 3 is 2.79 bits per heavy atom. The Labute approximate surface area is 142 Å². The van der Waals surface area contributed by atoms with E-state index < -0.39 is 38.3 Å². The molecule has 24 heavy (non-hydrogen) atoms. The maximum absolute atomic E-state index is 13.2. The fourth-order valence-corrected chi connectivity index (χ4v) is 5.61. The summed E-state index contributed by atoms with van der Waals surface area (Å²) in [7, 11) is -3.98. The summed E-state index contributed by atoms with van der Waals surface area (Å²) < 4.78 is 38.8. The molecule has 2 aliphatic heterocycles. The smallest absolute Gasteiger partial charge is 0.331 e. The first kappa shape index (κ1) is 16.7. The van der Waals surface area contributed by atoms with Crippen molar-refractivity contribution in [3.05, 3.63) is 41.3 Å². The average molecular weight is 371 g/mol. The minimum Gasteiger partial charge on any atom is -0.479 e. The zero-order chi connectivity index (χ0) is 17.7. The Balaban J connectivity index is 2.02. The van der Waals surface area contributed by atoms with Crippen molar-refractivity contribution in [2.45, 2.75) is 22.1 Å². The number of carboxylic acids is 1. The standard InChI is InChI=1S/C15H12ClFN2O4S/c16-12-5-10(17)1-2-13(12)24(22,23)11-6-15(14(20)21)9(7-18)3-4-19(15)8-11/h1-5,9,11H,6,8H2,(H,20,21)/t9?,11-,15-/m1/s1. The van der Waals surface area contributed by atoms with Crippen LogP contribution in [-0.4, -0.2) is 41.7 Å². The van der Waals surface area contributed by atoms with Crippen LogP contribution in [0.1, 0.15) is 6.42 Å². The Kier molecular flexibility index (Phi) is 3.81. The molecule has 1 unspecified atom stereocenters. The molecule has 1 saturated heterocycles. The molecule has 2 aliphatic rings. The lowest BCUT2D eigenvalue weighted by molar-refractivity contribution is -0.148. The molecule has 0 aromatic heterocycles. The molecule has 126 valence electrons. The molecule has 6 nitrogen and oxygen atoms in total. The van der Waals surface area contributed by atoms with Gasteiger partial charge < -0.3 is 10.0 Å². The number of halogens is 2. The minimum absolute atomic E-state index is 0.0724. The summed E-state index contributed by atoms with van der Waals surface area (Å²) in [4.78, 5) is 12.9. The zero-order valence-corrected chi connectivity index (χ0v) is 13.8. The Hall–Kier alpha value is -2.11. The molecule has 0 amide bonds. The van der Waals surface area contributed by atoms with Crippen molar-refractivity contribution >= 4 is 27.4 Å². The monoisotopic (exact) mass is 370 g/mol. The number of sulfone groups is 1. The highest BCUT2D eigenvalue weighted by Crippen LogP contribution is 2.45. The summed E-state index contributed by atoms with van der Waals surface area (Å²) in [5.41, 5.74) is -1.60. The van der Waals surface area contributed by atoms with Crippen LogP contribution in [0.4, 0.5) is 4.39 Å². The summed E-state index contributed by atoms with van der Waals surface area (Å²) >= 11 is 5.85. The van der Waals surface area contributed by atoms with Crippen molar-refractivity contribution in [3.63, 3.8) is 0 Å². The van der Waals surface area contributed by atoms with E-state index in [1.54, 1.807) is 0 Å². The highest BCUT2D eigenvalue weighted by Gasteiger charge is 2.60. The lowest BCUT2D eigenvalue weighted by Crippen LogP contribution is -2.49. The number of nitrogens with zero attached hydrogens (tertiary/aromatic N) is 2. The molecule has 0 spiro atoms. The van der Waals surface area contributed by atoms with Crippen LogP contribution in [-0.2, 0) is 14.6 Å². The highest BCUT2D eigenvalue weighted by molar-refractivity contribution is 7.92. The van der Waals surface area contributed by atoms with Gasteiger partial charge in [0.25, 0.3) is 0 Å². The van der Waals surface area contributed by atoms with Gasteiger partial charge >= 0.3 is 5.97 Å². The zero-order valence-electron chi connectivity index (χ0n) is 12.2. The van der Waals surface area contributed by atoms with Crippen LogP contribution in [0.5, 0.6) is 0 Å². The van der Waals surface area contributed by atoms with Gasteiger partial charge in [0, 0.05) is 13.0 Å². The van der Waals surface area contributed by atoms with E-state index in [-0.39, 0.29) is 22.9 Å². The lowest BCUT2D eigenvalue weighted by atomic mass is 9.85. The second kappa shape index (κ2) is 5.46. The molecule has 1 N–H and O–H groups in total. The normalized spacial score (nSPS) is 28.6. The van der Waals surface area contributed by atoms with E-state index in [1.807, 2.05) is 6.07 Å². The number of nitriles is 1. The molecular weight excluding hydrogens is 359 g/mol. The third-order valence-corrected chi connectivity index (χ3v) is 7.16. The van der Waals surface area contributed by atoms with E-state index in [9.17, 15) is 28.0 Å². The van der Waals surface area contributed by atoms with Crippen LogP contribution in [0.15, 0.2) is 35.4 Å². The van der Waals surface area contributed by atoms with Gasteiger partial charge in [-0.2, -0.15) is 5.26 Å². The van der Waals surface area contributed by atoms with Crippen LogP contribution < -0.4 is 0 Å². The highest BCUT2D eigenvalue weighted by atomic mass is 35.5. The lowest BCUT2D eigenvalue weighted by Gasteiger charge is -2.30. The Morgan fingerprint density at radius 2 is 2.21 bits per heavy atom. The van der Waals surface area contributed by atoms with Gasteiger partial charge in [-0.15, -0.1) is 0 Å². The minimum atomic E-state index is -3.98. The first-order chi connectivity index (χ1) is 11.2. The van der Waals surface area contributed by atoms with Crippen LogP contribution in [0, 0.1) is 23.1 Å². The third kappa shape index (κ3) is 2.19. The maximum Gasteiger partial charge on any atom is 0.331 e. The maximum atomic E-state index is 13.2. The van der Waals surface area contributed by atoms with Crippen molar-refractivity contribution in [2.75, 3.05) is 6.54 Å². The molecule has 0 bridgehead atoms. The molecule has 0 saturated carbocycles. The van der Waals surface area contributed by atoms with Crippen molar-refractivity contribution in [3.8, 4) is 6.07 Å². The van der Waals surface area contributed by atoms with E-state index in [0.717, 1.165) is 18.2 Å². The largest absolute Gasteiger partial charge is 0.479 e. The summed E-state index contributed by atoms with van der Waals surface area (Å²) in [6, 6.07) is 4.86. The van der Waals surface area contributed by atoms with Crippen LogP contribution in [0.3, 0.4) is 0 Å². The van der Waals surface area contributed by atoms with Gasteiger partial charge in [0.1, 0.15) is 11.7 Å². The molecule has 2 heterocycles. The van der Waals surface area contributed by atoms with Gasteiger partial charge in [-0.05, 0) is 30.5 Å². The number of aliphatic carboxylic acids is 1. The van der Waals surface area contributed by atoms with Crippen LogP contribution >= 0.6 is 11.6 Å². The predicted molar refractivity (Wildman–Crippen MR) is 82.3 cm³/mol. The van der Waals surface area contributed by atoms with E-state index >= 15 is 0 Å². The number of hydrogen-bond acceptors (Lipinski definition) is 5. The molecule has 1 fully saturated rings. The van der Waals surface area contributed by atoms with Gasteiger partial charge in [-0.1, -0.05) is 11.6 Å². The molecular formula is C15H12ClFN2O4S. The molecule has 3 atom stereocenters. The topological polar surface area (TPSA) is 98.5 Å². The van der Waals surface area contributed by atoms with Crippen molar-refractivity contribution < 1.29 is 22.7 Å². The Bertz CT molecular complexity index is 895. The number of carboxylic acid groups (broad SMARTS) is 1. The SMILES string of the molecule is N#CC1C=CN2C[C@H](S(=O)(=O)c3ccc(F)cc3Cl)C[C@]12C(=O)O. The summed E-state index contributed by atoms with van der Waals surface area (Å²) in [5.74, 6) is -2.86. The van der Waals surface area contributed by atoms with Gasteiger partial charge in [0.2, 0.25) is 0 Å². The second-order valence-electron chi connectivity index (χ2n) is 5.78. The fraction of sp³-hybridized carbons (Fsp3) is 0.333. The van der Waals surface area contributed by atoms with Gasteiger partial charge in [-0.3, -0.25) is 0 Å². The van der Waals surface area contributed by atoms with Gasteiger partial charge in [0.05, 0.1) is 21.2 Å². The first-order valence-corrected chi connectivity index (χ1v) is 8.93. The van der Waals surface area contributed by atoms with E-state index in [1.165, 1.54) is 17.2 Å². The molecule has 9 heteroatoms. The molecule has 1 aromatic rings. The van der Waals surface area contributed by atoms with Crippen molar-refractivity contribution in [2.24, 2.45) is 5.92 Å². The molecule has 0 aliphatic carbocycles. The van der Waals surface area contributed by atoms with E-state index in [2.05, 4.69) is 0 Å². The molecule has 3 rings (SSSR count). The number of benzene rings is 1. The number of fused-ring (bicyclic) bond motifs is 1. The number of carbonyl (C=O) groups is 1. The number of hydrogen-bond donors (Lipinski definition) is 1. The van der Waals surface area contributed by atoms with Crippen molar-refractivity contribution in [1.29, 1.82) is 5.26 Å². The van der Waals surface area contributed by atoms with E-state index in [4.69, 9.17) is 11.6 Å². The number of rotatable bonds is 3. The fourth-order valence-electron chi connectivity index (χ4n) is 3.35. The van der Waals surface area contributed by atoms with Crippen molar-refractivity contribution in [1.82, 2.24) is 4.90 Å². The van der Waals surface area contributed by atoms with Gasteiger partial charge in [-0.25, -0.2) is 17.6 Å². The molecule has 0 radical (unpaired) electrons. The third-order valence-electron chi connectivity index (χ3n) is 4.57. The summed E-state index contributed by atoms with van der Waals surface area (Å²) in [6.45, 7) is -0.0724. The van der Waals surface area contributed by atoms with E-state index in [0.29, 0.717) is 0 Å².